The van der Waals surface area contributed by atoms with E-state index in [2.05, 4.69) is 139 Å². The highest BCUT2D eigenvalue weighted by atomic mass is 14.2. The maximum absolute atomic E-state index is 2.37. The Morgan fingerprint density at radius 1 is 0.424 bits per heavy atom. The summed E-state index contributed by atoms with van der Waals surface area (Å²) >= 11 is 0. The van der Waals surface area contributed by atoms with Crippen LogP contribution in [0.2, 0.25) is 0 Å². The first kappa shape index (κ1) is 23.1. The molecule has 0 spiro atoms. The second-order valence-electron chi connectivity index (χ2n) is 11.2. The van der Waals surface area contributed by atoms with Crippen LogP contribution in [0.25, 0.3) is 33.4 Å². The molecule has 0 N–H and O–H groups in total. The topological polar surface area (TPSA) is 0 Å². The quantitative estimate of drug-likeness (QED) is 0.302. The van der Waals surface area contributed by atoms with Crippen LogP contribution in [-0.2, 0) is 10.8 Å². The largest absolute Gasteiger partial charge is 0.0622 e. The van der Waals surface area contributed by atoms with Gasteiger partial charge in [0.25, 0.3) is 0 Å². The van der Waals surface area contributed by atoms with Crippen molar-refractivity contribution in [2.75, 3.05) is 0 Å². The van der Waals surface area contributed by atoms with Gasteiger partial charge in [0.05, 0.1) is 0 Å². The first-order chi connectivity index (χ1) is 15.5. The first-order valence-corrected chi connectivity index (χ1v) is 12.0. The summed E-state index contributed by atoms with van der Waals surface area (Å²) in [6.45, 7) is 16.0. The predicted octanol–water partition coefficient (Wildman–Crippen LogP) is 9.59. The van der Waals surface area contributed by atoms with Crippen molar-refractivity contribution in [2.45, 2.75) is 59.3 Å². The second-order valence-corrected chi connectivity index (χ2v) is 11.2. The monoisotopic (exact) mass is 432 g/mol. The summed E-state index contributed by atoms with van der Waals surface area (Å²) < 4.78 is 0. The molecule has 33 heavy (non-hydrogen) atoms. The van der Waals surface area contributed by atoms with Gasteiger partial charge in [0.1, 0.15) is 0 Å². The van der Waals surface area contributed by atoms with Crippen LogP contribution in [0, 0.1) is 6.92 Å². The van der Waals surface area contributed by atoms with Gasteiger partial charge in [0.2, 0.25) is 0 Å². The Labute approximate surface area is 200 Å². The molecule has 0 fully saturated rings. The molecule has 0 saturated heterocycles. The van der Waals surface area contributed by atoms with Crippen molar-refractivity contribution in [3.8, 4) is 33.4 Å². The summed E-state index contributed by atoms with van der Waals surface area (Å²) in [4.78, 5) is 0. The van der Waals surface area contributed by atoms with E-state index in [0.717, 1.165) is 0 Å². The average molecular weight is 433 g/mol. The minimum absolute atomic E-state index is 0.116. The van der Waals surface area contributed by atoms with E-state index in [0.29, 0.717) is 0 Å². The van der Waals surface area contributed by atoms with E-state index in [1.807, 2.05) is 0 Å². The Bertz CT molecular complexity index is 1180. The maximum atomic E-state index is 2.37. The fourth-order valence-electron chi connectivity index (χ4n) is 4.42. The Balaban J connectivity index is 1.97. The Morgan fingerprint density at radius 3 is 1.27 bits per heavy atom. The molecule has 0 nitrogen and oxygen atoms in total. The van der Waals surface area contributed by atoms with Gasteiger partial charge in [-0.15, -0.1) is 0 Å². The molecule has 4 aromatic rings. The average Bonchev–Trinajstić information content (AvgIpc) is 2.79. The molecule has 0 aliphatic heterocycles. The van der Waals surface area contributed by atoms with Crippen molar-refractivity contribution in [1.29, 1.82) is 0 Å². The lowest BCUT2D eigenvalue weighted by Gasteiger charge is -2.22. The van der Waals surface area contributed by atoms with Crippen LogP contribution in [0.4, 0.5) is 0 Å². The molecule has 0 bridgehead atoms. The second kappa shape index (κ2) is 8.67. The molecule has 0 amide bonds. The molecule has 0 atom stereocenters. The van der Waals surface area contributed by atoms with Crippen molar-refractivity contribution in [3.63, 3.8) is 0 Å². The molecule has 0 aliphatic carbocycles. The summed E-state index contributed by atoms with van der Waals surface area (Å²) in [6, 6.07) is 33.6. The van der Waals surface area contributed by atoms with Crippen LogP contribution in [0.1, 0.15) is 58.2 Å². The van der Waals surface area contributed by atoms with E-state index >= 15 is 0 Å². The van der Waals surface area contributed by atoms with Gasteiger partial charge in [0.15, 0.2) is 0 Å². The van der Waals surface area contributed by atoms with Crippen molar-refractivity contribution < 1.29 is 0 Å². The van der Waals surface area contributed by atoms with Gasteiger partial charge in [-0.3, -0.25) is 0 Å². The zero-order valence-corrected chi connectivity index (χ0v) is 21.2. The molecule has 0 aliphatic rings. The molecule has 0 aromatic heterocycles. The lowest BCUT2D eigenvalue weighted by molar-refractivity contribution is 0.590. The van der Waals surface area contributed by atoms with Gasteiger partial charge in [-0.2, -0.15) is 0 Å². The summed E-state index contributed by atoms with van der Waals surface area (Å²) in [5.41, 5.74) is 12.0. The Kier molecular flexibility index (Phi) is 6.06. The third-order valence-corrected chi connectivity index (χ3v) is 6.59. The van der Waals surface area contributed by atoms with Crippen LogP contribution in [0.3, 0.4) is 0 Å². The van der Waals surface area contributed by atoms with Gasteiger partial charge < -0.3 is 0 Å². The van der Waals surface area contributed by atoms with Gasteiger partial charge in [-0.1, -0.05) is 120 Å². The van der Waals surface area contributed by atoms with Gasteiger partial charge in [-0.05, 0) is 80.0 Å². The minimum Gasteiger partial charge on any atom is -0.0622 e. The van der Waals surface area contributed by atoms with E-state index in [9.17, 15) is 0 Å². The van der Waals surface area contributed by atoms with Crippen LogP contribution in [0.15, 0.2) is 91.0 Å². The molecule has 0 heterocycles. The van der Waals surface area contributed by atoms with Gasteiger partial charge in [0, 0.05) is 0 Å². The predicted molar refractivity (Wildman–Crippen MR) is 145 cm³/mol. The molecule has 0 unspecified atom stereocenters. The highest BCUT2D eigenvalue weighted by Gasteiger charge is 2.18. The van der Waals surface area contributed by atoms with E-state index in [1.54, 1.807) is 0 Å². The van der Waals surface area contributed by atoms with E-state index in [4.69, 9.17) is 0 Å². The summed E-state index contributed by atoms with van der Waals surface area (Å²) in [5, 5.41) is 0. The summed E-state index contributed by atoms with van der Waals surface area (Å²) in [6.07, 6.45) is 0. The first-order valence-electron chi connectivity index (χ1n) is 12.0. The highest BCUT2D eigenvalue weighted by molar-refractivity contribution is 5.85. The molecule has 4 rings (SSSR count). The lowest BCUT2D eigenvalue weighted by atomic mass is 9.82. The van der Waals surface area contributed by atoms with Crippen molar-refractivity contribution in [2.24, 2.45) is 0 Å². The molecule has 4 aromatic carbocycles. The molecular weight excluding hydrogens is 396 g/mol. The van der Waals surface area contributed by atoms with E-state index < -0.39 is 0 Å². The molecule has 168 valence electrons. The van der Waals surface area contributed by atoms with Gasteiger partial charge in [-0.25, -0.2) is 0 Å². The van der Waals surface area contributed by atoms with Crippen LogP contribution in [0.5, 0.6) is 0 Å². The summed E-state index contributed by atoms with van der Waals surface area (Å²) in [7, 11) is 0. The fourth-order valence-corrected chi connectivity index (χ4v) is 4.42. The summed E-state index contributed by atoms with van der Waals surface area (Å²) in [5.74, 6) is 0. The number of benzene rings is 4. The van der Waals surface area contributed by atoms with Crippen LogP contribution in [-0.4, -0.2) is 0 Å². The van der Waals surface area contributed by atoms with Crippen molar-refractivity contribution in [3.05, 3.63) is 108 Å². The minimum atomic E-state index is 0.116. The maximum Gasteiger partial charge on any atom is -0.0132 e. The van der Waals surface area contributed by atoms with Crippen molar-refractivity contribution in [1.82, 2.24) is 0 Å². The lowest BCUT2D eigenvalue weighted by Crippen LogP contribution is -2.11. The van der Waals surface area contributed by atoms with Crippen molar-refractivity contribution >= 4 is 0 Å². The molecular formula is C33H36. The standard InChI is InChI=1S/C33H36/c1-23-30(25-15-11-17-28(19-25)32(2,3)4)21-27(24-13-9-8-10-14-24)22-31(23)26-16-12-18-29(20-26)33(5,6)7/h8-22H,1-7H3. The molecule has 0 saturated carbocycles. The highest BCUT2D eigenvalue weighted by Crippen LogP contribution is 2.39. The van der Waals surface area contributed by atoms with E-state index in [-0.39, 0.29) is 10.8 Å². The SMILES string of the molecule is Cc1c(-c2cccc(C(C)(C)C)c2)cc(-c2ccccc2)cc1-c1cccc(C(C)(C)C)c1. The fraction of sp³-hybridized carbons (Fsp3) is 0.273. The smallest absolute Gasteiger partial charge is 0.0132 e. The molecule has 0 heteroatoms. The zero-order valence-electron chi connectivity index (χ0n) is 21.2. The Morgan fingerprint density at radius 2 is 0.848 bits per heavy atom. The van der Waals surface area contributed by atoms with Gasteiger partial charge >= 0.3 is 0 Å². The third kappa shape index (κ3) is 4.96. The number of hydrogen-bond donors (Lipinski definition) is 0. The van der Waals surface area contributed by atoms with Crippen LogP contribution < -0.4 is 0 Å². The normalized spacial score (nSPS) is 12.1. The zero-order chi connectivity index (χ0) is 23.8. The number of rotatable bonds is 3. The Hall–Kier alpha value is -3.12. The van der Waals surface area contributed by atoms with Crippen LogP contribution >= 0.6 is 0 Å². The molecule has 0 radical (unpaired) electrons. The van der Waals surface area contributed by atoms with E-state index in [1.165, 1.54) is 50.1 Å². The third-order valence-electron chi connectivity index (χ3n) is 6.59. The number of hydrogen-bond acceptors (Lipinski definition) is 0.